The maximum atomic E-state index is 13.0. The van der Waals surface area contributed by atoms with E-state index in [2.05, 4.69) is 33.5 Å². The second kappa shape index (κ2) is 8.88. The summed E-state index contributed by atoms with van der Waals surface area (Å²) in [7, 11) is 0. The first-order valence-electron chi connectivity index (χ1n) is 10.4. The number of aromatic nitrogens is 2. The summed E-state index contributed by atoms with van der Waals surface area (Å²) in [6, 6.07) is 12.0. The van der Waals surface area contributed by atoms with Gasteiger partial charge in [0.2, 0.25) is 5.91 Å². The van der Waals surface area contributed by atoms with E-state index in [-0.39, 0.29) is 23.0 Å². The van der Waals surface area contributed by atoms with Crippen LogP contribution in [-0.4, -0.2) is 21.6 Å². The molecule has 2 aromatic heterocycles. The van der Waals surface area contributed by atoms with Gasteiger partial charge in [0.25, 0.3) is 5.56 Å². The van der Waals surface area contributed by atoms with Crippen molar-refractivity contribution in [3.63, 3.8) is 0 Å². The molecule has 5 rings (SSSR count). The Hall–Kier alpha value is -2.97. The van der Waals surface area contributed by atoms with Crippen LogP contribution in [-0.2, 0) is 17.6 Å². The zero-order chi connectivity index (χ0) is 22.1. The van der Waals surface area contributed by atoms with Crippen LogP contribution < -0.4 is 10.9 Å². The number of halogens is 1. The van der Waals surface area contributed by atoms with Gasteiger partial charge < -0.3 is 10.3 Å². The van der Waals surface area contributed by atoms with Crippen LogP contribution in [0.2, 0.25) is 0 Å². The van der Waals surface area contributed by atoms with Crippen molar-refractivity contribution >= 4 is 44.9 Å². The van der Waals surface area contributed by atoms with Gasteiger partial charge in [-0.3, -0.25) is 9.59 Å². The lowest BCUT2D eigenvalue weighted by molar-refractivity contribution is -0.113. The Bertz CT molecular complexity index is 1360. The van der Waals surface area contributed by atoms with Gasteiger partial charge in [0.05, 0.1) is 11.1 Å². The van der Waals surface area contributed by atoms with E-state index in [4.69, 9.17) is 0 Å². The van der Waals surface area contributed by atoms with Crippen molar-refractivity contribution in [3.8, 4) is 11.1 Å². The Kier molecular flexibility index (Phi) is 5.80. The molecule has 0 atom stereocenters. The normalized spacial score (nSPS) is 13.2. The summed E-state index contributed by atoms with van der Waals surface area (Å²) < 4.78 is 13.0. The summed E-state index contributed by atoms with van der Waals surface area (Å²) in [5, 5.41) is 5.66. The number of hydrogen-bond donors (Lipinski definition) is 2. The highest BCUT2D eigenvalue weighted by atomic mass is 32.2. The van der Waals surface area contributed by atoms with E-state index < -0.39 is 0 Å². The van der Waals surface area contributed by atoms with Crippen molar-refractivity contribution in [2.75, 3.05) is 11.1 Å². The smallest absolute Gasteiger partial charge is 0.260 e. The summed E-state index contributed by atoms with van der Waals surface area (Å²) in [6.07, 6.45) is 4.65. The Morgan fingerprint density at radius 3 is 2.72 bits per heavy atom. The number of aromatic amines is 1. The van der Waals surface area contributed by atoms with Gasteiger partial charge in [-0.1, -0.05) is 30.0 Å². The lowest BCUT2D eigenvalue weighted by Crippen LogP contribution is -2.15. The molecule has 32 heavy (non-hydrogen) atoms. The molecular formula is C24H20FN3O2S2. The van der Waals surface area contributed by atoms with Crippen LogP contribution in [0.25, 0.3) is 21.3 Å². The van der Waals surface area contributed by atoms with Crippen LogP contribution in [0.1, 0.15) is 24.0 Å². The van der Waals surface area contributed by atoms with Crippen LogP contribution in [0.4, 0.5) is 10.1 Å². The highest BCUT2D eigenvalue weighted by Gasteiger charge is 2.16. The fraction of sp³-hybridized carbons (Fsp3) is 0.208. The SMILES string of the molecule is O=C(CSc1nc2scc(-c3ccc4c(c3)CCCC4)c2c(=O)[nH]1)Nc1ccc(F)cc1. The fourth-order valence-electron chi connectivity index (χ4n) is 3.98. The molecule has 0 saturated carbocycles. The summed E-state index contributed by atoms with van der Waals surface area (Å²) in [4.78, 5) is 33.1. The highest BCUT2D eigenvalue weighted by Crippen LogP contribution is 2.34. The maximum Gasteiger partial charge on any atom is 0.260 e. The number of thioether (sulfide) groups is 1. The second-order valence-electron chi connectivity index (χ2n) is 7.73. The molecule has 0 spiro atoms. The molecule has 4 aromatic rings. The van der Waals surface area contributed by atoms with E-state index in [1.54, 1.807) is 0 Å². The van der Waals surface area contributed by atoms with Crippen LogP contribution in [0, 0.1) is 5.82 Å². The molecule has 162 valence electrons. The molecule has 8 heteroatoms. The van der Waals surface area contributed by atoms with Crippen molar-refractivity contribution in [2.45, 2.75) is 30.8 Å². The fourth-order valence-corrected chi connectivity index (χ4v) is 5.64. The molecule has 2 heterocycles. The Labute approximate surface area is 192 Å². The minimum Gasteiger partial charge on any atom is -0.325 e. The first-order chi connectivity index (χ1) is 15.6. The van der Waals surface area contributed by atoms with E-state index in [9.17, 15) is 14.0 Å². The van der Waals surface area contributed by atoms with Crippen LogP contribution in [0.15, 0.2) is 57.8 Å². The van der Waals surface area contributed by atoms with Gasteiger partial charge in [0, 0.05) is 16.6 Å². The molecule has 2 aromatic carbocycles. The first kappa shape index (κ1) is 20.9. The summed E-state index contributed by atoms with van der Waals surface area (Å²) >= 11 is 2.59. The largest absolute Gasteiger partial charge is 0.325 e. The molecule has 1 aliphatic rings. The second-order valence-corrected chi connectivity index (χ2v) is 9.56. The van der Waals surface area contributed by atoms with E-state index in [1.807, 2.05) is 5.38 Å². The van der Waals surface area contributed by atoms with Crippen LogP contribution in [0.3, 0.4) is 0 Å². The van der Waals surface area contributed by atoms with Gasteiger partial charge in [-0.05, 0) is 66.6 Å². The number of fused-ring (bicyclic) bond motifs is 2. The topological polar surface area (TPSA) is 74.8 Å². The molecule has 0 unspecified atom stereocenters. The minimum atomic E-state index is -0.363. The Balaban J connectivity index is 1.34. The van der Waals surface area contributed by atoms with Crippen LogP contribution >= 0.6 is 23.1 Å². The number of carbonyl (C=O) groups excluding carboxylic acids is 1. The predicted octanol–water partition coefficient (Wildman–Crippen LogP) is 5.40. The quantitative estimate of drug-likeness (QED) is 0.306. The van der Waals surface area contributed by atoms with Crippen molar-refractivity contribution in [1.82, 2.24) is 9.97 Å². The minimum absolute atomic E-state index is 0.0783. The third-order valence-corrected chi connectivity index (χ3v) is 7.30. The molecule has 5 nitrogen and oxygen atoms in total. The highest BCUT2D eigenvalue weighted by molar-refractivity contribution is 7.99. The molecule has 1 aliphatic carbocycles. The zero-order valence-corrected chi connectivity index (χ0v) is 18.7. The zero-order valence-electron chi connectivity index (χ0n) is 17.1. The number of anilines is 1. The number of H-pyrrole nitrogens is 1. The Morgan fingerprint density at radius 1 is 1.12 bits per heavy atom. The van der Waals surface area contributed by atoms with Crippen molar-refractivity contribution in [3.05, 3.63) is 75.1 Å². The summed E-state index contributed by atoms with van der Waals surface area (Å²) in [5.74, 6) is -0.544. The molecule has 2 N–H and O–H groups in total. The average molecular weight is 466 g/mol. The molecule has 0 aliphatic heterocycles. The van der Waals surface area contributed by atoms with E-state index in [1.165, 1.54) is 59.6 Å². The van der Waals surface area contributed by atoms with Crippen LogP contribution in [0.5, 0.6) is 0 Å². The van der Waals surface area contributed by atoms with Crippen molar-refractivity contribution in [1.29, 1.82) is 0 Å². The monoisotopic (exact) mass is 465 g/mol. The maximum absolute atomic E-state index is 13.0. The number of thiophene rings is 1. The number of amides is 1. The number of carbonyl (C=O) groups is 1. The number of benzene rings is 2. The Morgan fingerprint density at radius 2 is 1.91 bits per heavy atom. The molecule has 0 fully saturated rings. The summed E-state index contributed by atoms with van der Waals surface area (Å²) in [5.41, 5.74) is 5.04. The number of nitrogens with one attached hydrogen (secondary N) is 2. The number of aryl methyl sites for hydroxylation is 2. The van der Waals surface area contributed by atoms with Gasteiger partial charge in [-0.2, -0.15) is 0 Å². The van der Waals surface area contributed by atoms with Gasteiger partial charge in [-0.15, -0.1) is 11.3 Å². The molecule has 0 radical (unpaired) electrons. The average Bonchev–Trinajstić information content (AvgIpc) is 3.24. The van der Waals surface area contributed by atoms with Gasteiger partial charge >= 0.3 is 0 Å². The van der Waals surface area contributed by atoms with Gasteiger partial charge in [0.1, 0.15) is 10.6 Å². The van der Waals surface area contributed by atoms with E-state index in [0.717, 1.165) is 35.7 Å². The third kappa shape index (κ3) is 4.33. The number of nitrogens with zero attached hydrogens (tertiary/aromatic N) is 1. The van der Waals surface area contributed by atoms with E-state index >= 15 is 0 Å². The van der Waals surface area contributed by atoms with E-state index in [0.29, 0.717) is 21.1 Å². The van der Waals surface area contributed by atoms with Gasteiger partial charge in [0.15, 0.2) is 5.16 Å². The van der Waals surface area contributed by atoms with Crippen molar-refractivity contribution < 1.29 is 9.18 Å². The molecule has 0 bridgehead atoms. The third-order valence-electron chi connectivity index (χ3n) is 5.55. The predicted molar refractivity (Wildman–Crippen MR) is 128 cm³/mol. The number of rotatable bonds is 5. The molecule has 1 amide bonds. The standard InChI is InChI=1S/C24H20FN3O2S2/c25-17-7-9-18(10-8-17)26-20(29)13-32-24-27-22(30)21-19(12-31-23(21)28-24)16-6-5-14-3-1-2-4-15(14)11-16/h5-12H,1-4,13H2,(H,26,29)(H,27,28,30). The molecule has 0 saturated heterocycles. The lowest BCUT2D eigenvalue weighted by Gasteiger charge is -2.16. The van der Waals surface area contributed by atoms with Gasteiger partial charge in [-0.25, -0.2) is 9.37 Å². The van der Waals surface area contributed by atoms with Crippen molar-refractivity contribution in [2.24, 2.45) is 0 Å². The molecular weight excluding hydrogens is 445 g/mol. The number of hydrogen-bond acceptors (Lipinski definition) is 5. The lowest BCUT2D eigenvalue weighted by atomic mass is 9.89. The summed E-state index contributed by atoms with van der Waals surface area (Å²) in [6.45, 7) is 0. The first-order valence-corrected chi connectivity index (χ1v) is 12.3.